The van der Waals surface area contributed by atoms with Crippen LogP contribution in [0.3, 0.4) is 0 Å². The van der Waals surface area contributed by atoms with Crippen molar-refractivity contribution in [3.63, 3.8) is 0 Å². The van der Waals surface area contributed by atoms with Gasteiger partial charge in [-0.2, -0.15) is 0 Å². The van der Waals surface area contributed by atoms with E-state index in [2.05, 4.69) is 21.0 Å². The van der Waals surface area contributed by atoms with Gasteiger partial charge in [0.2, 0.25) is 0 Å². The van der Waals surface area contributed by atoms with E-state index in [4.69, 9.17) is 0 Å². The predicted molar refractivity (Wildman–Crippen MR) is 75.8 cm³/mol. The lowest BCUT2D eigenvalue weighted by Crippen LogP contribution is -2.06. The maximum absolute atomic E-state index is 10.0. The van der Waals surface area contributed by atoms with Crippen molar-refractivity contribution in [1.29, 1.82) is 0 Å². The normalized spacial score (nSPS) is 13.1. The Labute approximate surface area is 114 Å². The molecule has 1 atom stereocenters. The fraction of sp³-hybridized carbons (Fsp3) is 0.533. The lowest BCUT2D eigenvalue weighted by molar-refractivity contribution is 0.127. The second-order valence-corrected chi connectivity index (χ2v) is 5.38. The zero-order valence-electron chi connectivity index (χ0n) is 12.0. The van der Waals surface area contributed by atoms with Crippen LogP contribution in [0.5, 0.6) is 0 Å². The number of aryl methyl sites for hydroxylation is 1. The molecule has 2 aromatic rings. The highest BCUT2D eigenvalue weighted by atomic mass is 16.3. The summed E-state index contributed by atoms with van der Waals surface area (Å²) in [6, 6.07) is 1.99. The van der Waals surface area contributed by atoms with Crippen molar-refractivity contribution in [2.45, 2.75) is 46.4 Å². The van der Waals surface area contributed by atoms with Crippen molar-refractivity contribution in [2.75, 3.05) is 0 Å². The van der Waals surface area contributed by atoms with Crippen LogP contribution in [0.25, 0.3) is 0 Å². The Morgan fingerprint density at radius 1 is 1.37 bits per heavy atom. The Balaban J connectivity index is 2.09. The molecule has 0 saturated carbocycles. The first-order valence-corrected chi connectivity index (χ1v) is 6.94. The van der Waals surface area contributed by atoms with Gasteiger partial charge in [0.1, 0.15) is 0 Å². The van der Waals surface area contributed by atoms with E-state index < -0.39 is 0 Å². The number of aliphatic hydroxyl groups excluding tert-OH is 1. The molecule has 0 aliphatic rings. The zero-order chi connectivity index (χ0) is 13.8. The summed E-state index contributed by atoms with van der Waals surface area (Å²) in [4.78, 5) is 4.21. The lowest BCUT2D eigenvalue weighted by Gasteiger charge is -2.12. The van der Waals surface area contributed by atoms with Crippen LogP contribution in [0.15, 0.2) is 31.0 Å². The highest BCUT2D eigenvalue weighted by Gasteiger charge is 2.13. The summed E-state index contributed by atoms with van der Waals surface area (Å²) < 4.78 is 4.28. The van der Waals surface area contributed by atoms with Gasteiger partial charge in [0.15, 0.2) is 0 Å². The largest absolute Gasteiger partial charge is 0.388 e. The first-order chi connectivity index (χ1) is 9.11. The SMILES string of the molecule is CCCn1cncc1Cn1ccc(C(O)C(C)C)c1. The van der Waals surface area contributed by atoms with Crippen LogP contribution in [-0.4, -0.2) is 19.2 Å². The number of imidazole rings is 1. The molecule has 2 aromatic heterocycles. The average Bonchev–Trinajstić information content (AvgIpc) is 3.00. The van der Waals surface area contributed by atoms with Gasteiger partial charge in [0, 0.05) is 25.1 Å². The molecule has 19 heavy (non-hydrogen) atoms. The molecule has 0 spiro atoms. The van der Waals surface area contributed by atoms with Gasteiger partial charge >= 0.3 is 0 Å². The Bertz CT molecular complexity index is 513. The standard InChI is InChI=1S/C15H23N3O/c1-4-6-18-11-16-8-14(18)10-17-7-5-13(9-17)15(19)12(2)3/h5,7-9,11-12,15,19H,4,6,10H2,1-3H3. The third-order valence-corrected chi connectivity index (χ3v) is 3.35. The van der Waals surface area contributed by atoms with Crippen LogP contribution < -0.4 is 0 Å². The topological polar surface area (TPSA) is 43.0 Å². The summed E-state index contributed by atoms with van der Waals surface area (Å²) in [5, 5.41) is 10.0. The average molecular weight is 261 g/mol. The van der Waals surface area contributed by atoms with Crippen molar-refractivity contribution in [3.05, 3.63) is 42.2 Å². The predicted octanol–water partition coefficient (Wildman–Crippen LogP) is 2.83. The molecule has 1 N–H and O–H groups in total. The Hall–Kier alpha value is -1.55. The molecule has 0 fully saturated rings. The van der Waals surface area contributed by atoms with Crippen molar-refractivity contribution >= 4 is 0 Å². The molecule has 0 radical (unpaired) electrons. The van der Waals surface area contributed by atoms with Crippen LogP contribution >= 0.6 is 0 Å². The molecule has 0 saturated heterocycles. The Morgan fingerprint density at radius 2 is 2.16 bits per heavy atom. The minimum atomic E-state index is -0.387. The van der Waals surface area contributed by atoms with Gasteiger partial charge in [0.25, 0.3) is 0 Å². The molecule has 0 aliphatic carbocycles. The van der Waals surface area contributed by atoms with E-state index in [0.717, 1.165) is 25.1 Å². The van der Waals surface area contributed by atoms with Gasteiger partial charge in [-0.05, 0) is 24.0 Å². The molecule has 0 aliphatic heterocycles. The van der Waals surface area contributed by atoms with Crippen molar-refractivity contribution in [2.24, 2.45) is 5.92 Å². The quantitative estimate of drug-likeness (QED) is 0.869. The number of hydrogen-bond acceptors (Lipinski definition) is 2. The third-order valence-electron chi connectivity index (χ3n) is 3.35. The van der Waals surface area contributed by atoms with Crippen molar-refractivity contribution in [1.82, 2.24) is 14.1 Å². The molecule has 104 valence electrons. The minimum absolute atomic E-state index is 0.237. The molecule has 0 aromatic carbocycles. The zero-order valence-corrected chi connectivity index (χ0v) is 12.0. The summed E-state index contributed by atoms with van der Waals surface area (Å²) in [5.41, 5.74) is 2.18. The molecule has 1 unspecified atom stereocenters. The van der Waals surface area contributed by atoms with Gasteiger partial charge in [-0.15, -0.1) is 0 Å². The molecule has 2 rings (SSSR count). The summed E-state index contributed by atoms with van der Waals surface area (Å²) >= 11 is 0. The summed E-state index contributed by atoms with van der Waals surface area (Å²) in [5.74, 6) is 0.237. The first-order valence-electron chi connectivity index (χ1n) is 6.94. The molecule has 4 heteroatoms. The van der Waals surface area contributed by atoms with E-state index in [1.54, 1.807) is 0 Å². The maximum atomic E-state index is 10.0. The number of aliphatic hydroxyl groups is 1. The summed E-state index contributed by atoms with van der Waals surface area (Å²) in [7, 11) is 0. The van der Waals surface area contributed by atoms with E-state index in [0.29, 0.717) is 0 Å². The maximum Gasteiger partial charge on any atom is 0.0948 e. The van der Waals surface area contributed by atoms with Crippen LogP contribution in [0.4, 0.5) is 0 Å². The molecular formula is C15H23N3O. The number of nitrogens with zero attached hydrogens (tertiary/aromatic N) is 3. The smallest absolute Gasteiger partial charge is 0.0948 e. The van der Waals surface area contributed by atoms with Gasteiger partial charge in [-0.1, -0.05) is 20.8 Å². The van der Waals surface area contributed by atoms with Crippen LogP contribution in [0.1, 0.15) is 44.6 Å². The second kappa shape index (κ2) is 6.06. The third kappa shape index (κ3) is 3.26. The van der Waals surface area contributed by atoms with Crippen LogP contribution in [-0.2, 0) is 13.1 Å². The van der Waals surface area contributed by atoms with E-state index in [1.165, 1.54) is 5.69 Å². The van der Waals surface area contributed by atoms with Crippen molar-refractivity contribution < 1.29 is 5.11 Å². The summed E-state index contributed by atoms with van der Waals surface area (Å²) in [6.07, 6.45) is 8.55. The Kier molecular flexibility index (Phi) is 4.43. The first kappa shape index (κ1) is 13.9. The van der Waals surface area contributed by atoms with Crippen molar-refractivity contribution in [3.8, 4) is 0 Å². The van der Waals surface area contributed by atoms with Gasteiger partial charge in [-0.3, -0.25) is 0 Å². The van der Waals surface area contributed by atoms with Crippen LogP contribution in [0.2, 0.25) is 0 Å². The number of aromatic nitrogens is 3. The minimum Gasteiger partial charge on any atom is -0.388 e. The van der Waals surface area contributed by atoms with Gasteiger partial charge in [0.05, 0.1) is 24.7 Å². The van der Waals surface area contributed by atoms with E-state index in [-0.39, 0.29) is 12.0 Å². The number of hydrogen-bond donors (Lipinski definition) is 1. The number of rotatable bonds is 6. The van der Waals surface area contributed by atoms with Gasteiger partial charge < -0.3 is 14.2 Å². The van der Waals surface area contributed by atoms with Crippen LogP contribution in [0, 0.1) is 5.92 Å². The monoisotopic (exact) mass is 261 g/mol. The fourth-order valence-electron chi connectivity index (χ4n) is 2.23. The van der Waals surface area contributed by atoms with E-state index in [1.807, 2.05) is 44.8 Å². The van der Waals surface area contributed by atoms with E-state index >= 15 is 0 Å². The highest BCUT2D eigenvalue weighted by Crippen LogP contribution is 2.21. The molecular weight excluding hydrogens is 238 g/mol. The lowest BCUT2D eigenvalue weighted by atomic mass is 10.0. The second-order valence-electron chi connectivity index (χ2n) is 5.38. The van der Waals surface area contributed by atoms with Gasteiger partial charge in [-0.25, -0.2) is 4.98 Å². The fourth-order valence-corrected chi connectivity index (χ4v) is 2.23. The molecule has 0 amide bonds. The Morgan fingerprint density at radius 3 is 2.84 bits per heavy atom. The molecule has 2 heterocycles. The summed E-state index contributed by atoms with van der Waals surface area (Å²) in [6.45, 7) is 8.01. The molecule has 0 bridgehead atoms. The van der Waals surface area contributed by atoms with E-state index in [9.17, 15) is 5.11 Å². The highest BCUT2D eigenvalue weighted by molar-refractivity contribution is 5.15. The molecule has 4 nitrogen and oxygen atoms in total.